The van der Waals surface area contributed by atoms with E-state index in [4.69, 9.17) is 5.26 Å². The highest BCUT2D eigenvalue weighted by molar-refractivity contribution is 5.96. The van der Waals surface area contributed by atoms with E-state index in [0.29, 0.717) is 11.1 Å². The van der Waals surface area contributed by atoms with E-state index in [1.54, 1.807) is 0 Å². The van der Waals surface area contributed by atoms with E-state index < -0.39 is 23.9 Å². The Kier molecular flexibility index (Phi) is 7.01. The molecule has 1 N–H and O–H groups in total. The Morgan fingerprint density at radius 1 is 1.22 bits per heavy atom. The SMILES string of the molecule is COC(=O)/C=C/C[C@H](NC(=O)c1ccc(C#N)cc1)C(=O)OC. The average molecular weight is 316 g/mol. The van der Waals surface area contributed by atoms with Crippen LogP contribution in [0.2, 0.25) is 0 Å². The molecule has 23 heavy (non-hydrogen) atoms. The monoisotopic (exact) mass is 316 g/mol. The minimum absolute atomic E-state index is 0.0732. The second-order valence-electron chi connectivity index (χ2n) is 4.40. The molecular weight excluding hydrogens is 300 g/mol. The predicted molar refractivity (Wildman–Crippen MR) is 80.2 cm³/mol. The molecule has 0 aliphatic rings. The Morgan fingerprint density at radius 3 is 2.39 bits per heavy atom. The first-order valence-electron chi connectivity index (χ1n) is 6.65. The lowest BCUT2D eigenvalue weighted by atomic mass is 10.1. The lowest BCUT2D eigenvalue weighted by Gasteiger charge is -2.14. The van der Waals surface area contributed by atoms with Crippen LogP contribution in [0.4, 0.5) is 0 Å². The van der Waals surface area contributed by atoms with Crippen LogP contribution in [0.15, 0.2) is 36.4 Å². The minimum atomic E-state index is -0.941. The fourth-order valence-corrected chi connectivity index (χ4v) is 1.66. The van der Waals surface area contributed by atoms with Crippen LogP contribution in [0.1, 0.15) is 22.3 Å². The maximum Gasteiger partial charge on any atom is 0.330 e. The molecule has 0 spiro atoms. The number of carbonyl (C=O) groups excluding carboxylic acids is 3. The molecule has 7 nitrogen and oxygen atoms in total. The summed E-state index contributed by atoms with van der Waals surface area (Å²) < 4.78 is 9.06. The van der Waals surface area contributed by atoms with E-state index in [-0.39, 0.29) is 6.42 Å². The molecule has 1 amide bonds. The van der Waals surface area contributed by atoms with Crippen molar-refractivity contribution in [3.05, 3.63) is 47.5 Å². The van der Waals surface area contributed by atoms with Crippen LogP contribution in [0, 0.1) is 11.3 Å². The number of nitrogens with zero attached hydrogens (tertiary/aromatic N) is 1. The summed E-state index contributed by atoms with van der Waals surface area (Å²) in [5, 5.41) is 11.2. The van der Waals surface area contributed by atoms with Crippen LogP contribution < -0.4 is 5.32 Å². The quantitative estimate of drug-likeness (QED) is 0.618. The Hall–Kier alpha value is -3.14. The van der Waals surface area contributed by atoms with E-state index >= 15 is 0 Å². The van der Waals surface area contributed by atoms with Gasteiger partial charge in [-0.1, -0.05) is 6.08 Å². The van der Waals surface area contributed by atoms with Crippen LogP contribution in [0.5, 0.6) is 0 Å². The summed E-state index contributed by atoms with van der Waals surface area (Å²) in [5.41, 5.74) is 0.724. The van der Waals surface area contributed by atoms with Crippen molar-refractivity contribution < 1.29 is 23.9 Å². The van der Waals surface area contributed by atoms with E-state index in [1.165, 1.54) is 44.6 Å². The van der Waals surface area contributed by atoms with Gasteiger partial charge in [-0.3, -0.25) is 4.79 Å². The smallest absolute Gasteiger partial charge is 0.330 e. The number of carbonyl (C=O) groups is 3. The summed E-state index contributed by atoms with van der Waals surface area (Å²) in [7, 11) is 2.43. The van der Waals surface area contributed by atoms with Gasteiger partial charge in [0.1, 0.15) is 6.04 Å². The average Bonchev–Trinajstić information content (AvgIpc) is 2.59. The molecule has 1 aromatic rings. The van der Waals surface area contributed by atoms with Crippen LogP contribution in [0.3, 0.4) is 0 Å². The number of nitrogens with one attached hydrogen (secondary N) is 1. The Bertz CT molecular complexity index is 643. The first-order valence-corrected chi connectivity index (χ1v) is 6.65. The third-order valence-electron chi connectivity index (χ3n) is 2.89. The Labute approximate surface area is 133 Å². The molecule has 0 heterocycles. The molecule has 1 rings (SSSR count). The largest absolute Gasteiger partial charge is 0.467 e. The molecule has 120 valence electrons. The number of ether oxygens (including phenoxy) is 2. The Morgan fingerprint density at radius 2 is 1.87 bits per heavy atom. The van der Waals surface area contributed by atoms with Crippen LogP contribution in [0.25, 0.3) is 0 Å². The van der Waals surface area contributed by atoms with Gasteiger partial charge in [-0.2, -0.15) is 5.26 Å². The highest BCUT2D eigenvalue weighted by Gasteiger charge is 2.21. The molecule has 0 aliphatic carbocycles. The molecule has 0 aliphatic heterocycles. The summed E-state index contributed by atoms with van der Waals surface area (Å²) in [4.78, 5) is 34.8. The summed E-state index contributed by atoms with van der Waals surface area (Å²) in [6.45, 7) is 0. The summed E-state index contributed by atoms with van der Waals surface area (Å²) in [6.07, 6.45) is 2.64. The fraction of sp³-hybridized carbons (Fsp3) is 0.250. The van der Waals surface area contributed by atoms with Crippen molar-refractivity contribution in [2.24, 2.45) is 0 Å². The molecule has 0 fully saturated rings. The van der Waals surface area contributed by atoms with Crippen molar-refractivity contribution in [1.29, 1.82) is 5.26 Å². The number of rotatable bonds is 6. The fourth-order valence-electron chi connectivity index (χ4n) is 1.66. The molecule has 0 saturated carbocycles. The molecule has 1 atom stereocenters. The van der Waals surface area contributed by atoms with Crippen LogP contribution >= 0.6 is 0 Å². The van der Waals surface area contributed by atoms with E-state index in [1.807, 2.05) is 6.07 Å². The maximum atomic E-state index is 12.1. The van der Waals surface area contributed by atoms with Gasteiger partial charge in [0.05, 0.1) is 25.9 Å². The van der Waals surface area contributed by atoms with Gasteiger partial charge in [0.2, 0.25) is 0 Å². The molecular formula is C16H16N2O5. The van der Waals surface area contributed by atoms with Gasteiger partial charge in [0.15, 0.2) is 0 Å². The standard InChI is InChI=1S/C16H16N2O5/c1-22-14(19)5-3-4-13(16(21)23-2)18-15(20)12-8-6-11(10-17)7-9-12/h3,5-9,13H,4H2,1-2H3,(H,18,20)/b5-3+/t13-/m0/s1. The number of hydrogen-bond donors (Lipinski definition) is 1. The van der Waals surface area contributed by atoms with Crippen molar-refractivity contribution >= 4 is 17.8 Å². The van der Waals surface area contributed by atoms with Gasteiger partial charge in [0, 0.05) is 11.6 Å². The highest BCUT2D eigenvalue weighted by atomic mass is 16.5. The van der Waals surface area contributed by atoms with E-state index in [9.17, 15) is 14.4 Å². The van der Waals surface area contributed by atoms with E-state index in [0.717, 1.165) is 6.08 Å². The van der Waals surface area contributed by atoms with Crippen molar-refractivity contribution in [3.63, 3.8) is 0 Å². The van der Waals surface area contributed by atoms with Gasteiger partial charge >= 0.3 is 11.9 Å². The van der Waals surface area contributed by atoms with E-state index in [2.05, 4.69) is 14.8 Å². The lowest BCUT2D eigenvalue weighted by Crippen LogP contribution is -2.41. The summed E-state index contributed by atoms with van der Waals surface area (Å²) in [6, 6.07) is 6.96. The zero-order valence-electron chi connectivity index (χ0n) is 12.7. The van der Waals surface area contributed by atoms with Crippen LogP contribution in [-0.2, 0) is 19.1 Å². The number of benzene rings is 1. The lowest BCUT2D eigenvalue weighted by molar-refractivity contribution is -0.143. The predicted octanol–water partition coefficient (Wildman–Crippen LogP) is 0.949. The van der Waals surface area contributed by atoms with Crippen molar-refractivity contribution in [2.75, 3.05) is 14.2 Å². The van der Waals surface area contributed by atoms with Crippen molar-refractivity contribution in [2.45, 2.75) is 12.5 Å². The molecule has 0 saturated heterocycles. The highest BCUT2D eigenvalue weighted by Crippen LogP contribution is 2.05. The first-order chi connectivity index (χ1) is 11.0. The molecule has 0 unspecified atom stereocenters. The zero-order valence-corrected chi connectivity index (χ0v) is 12.7. The number of hydrogen-bond acceptors (Lipinski definition) is 6. The third-order valence-corrected chi connectivity index (χ3v) is 2.89. The van der Waals surface area contributed by atoms with Gasteiger partial charge in [-0.05, 0) is 30.7 Å². The second-order valence-corrected chi connectivity index (χ2v) is 4.40. The minimum Gasteiger partial charge on any atom is -0.467 e. The maximum absolute atomic E-state index is 12.1. The number of amides is 1. The molecule has 0 aromatic heterocycles. The molecule has 1 aromatic carbocycles. The van der Waals surface area contributed by atoms with Crippen molar-refractivity contribution in [3.8, 4) is 6.07 Å². The van der Waals surface area contributed by atoms with Gasteiger partial charge < -0.3 is 14.8 Å². The van der Waals surface area contributed by atoms with Crippen LogP contribution in [-0.4, -0.2) is 38.1 Å². The topological polar surface area (TPSA) is 105 Å². The molecule has 0 radical (unpaired) electrons. The molecule has 0 bridgehead atoms. The zero-order chi connectivity index (χ0) is 17.2. The number of nitriles is 1. The van der Waals surface area contributed by atoms with Gasteiger partial charge in [0.25, 0.3) is 5.91 Å². The summed E-state index contributed by atoms with van der Waals surface area (Å²) in [5.74, 6) is -1.69. The number of methoxy groups -OCH3 is 2. The van der Waals surface area contributed by atoms with Gasteiger partial charge in [-0.15, -0.1) is 0 Å². The summed E-state index contributed by atoms with van der Waals surface area (Å²) >= 11 is 0. The second kappa shape index (κ2) is 9.00. The normalized spacial score (nSPS) is 11.3. The van der Waals surface area contributed by atoms with Gasteiger partial charge in [-0.25, -0.2) is 9.59 Å². The first kappa shape index (κ1) is 17.9. The number of esters is 2. The molecule has 7 heteroatoms. The Balaban J connectivity index is 2.77. The third kappa shape index (κ3) is 5.63. The van der Waals surface area contributed by atoms with Crippen molar-refractivity contribution in [1.82, 2.24) is 5.32 Å².